The molecule has 5 rings (SSSR count). The Bertz CT molecular complexity index is 1830. The van der Waals surface area contributed by atoms with Gasteiger partial charge in [-0.15, -0.1) is 0 Å². The van der Waals surface area contributed by atoms with E-state index in [9.17, 15) is 26.0 Å². The van der Waals surface area contributed by atoms with Crippen molar-refractivity contribution in [1.82, 2.24) is 14.4 Å². The van der Waals surface area contributed by atoms with Gasteiger partial charge in [0.1, 0.15) is 33.6 Å². The van der Waals surface area contributed by atoms with Gasteiger partial charge in [0.2, 0.25) is 0 Å². The molecule has 2 aromatic carbocycles. The van der Waals surface area contributed by atoms with E-state index in [1.165, 1.54) is 12.1 Å². The molecule has 14 heteroatoms. The van der Waals surface area contributed by atoms with Crippen LogP contribution in [0, 0.1) is 11.6 Å². The van der Waals surface area contributed by atoms with E-state index in [1.54, 1.807) is 45.8 Å². The number of sulfonamides is 1. The van der Waals surface area contributed by atoms with Gasteiger partial charge in [-0.1, -0.05) is 23.7 Å². The summed E-state index contributed by atoms with van der Waals surface area (Å²) in [5.74, 6) is -3.98. The molecule has 0 saturated carbocycles. The number of alkyl halides is 3. The number of nitrogens with zero attached hydrogens (tertiary/aromatic N) is 3. The Hall–Kier alpha value is -4.23. The number of imidazole rings is 1. The Morgan fingerprint density at radius 2 is 1.69 bits per heavy atom. The summed E-state index contributed by atoms with van der Waals surface area (Å²) in [6, 6.07) is 13.0. The zero-order valence-electron chi connectivity index (χ0n) is 19.2. The van der Waals surface area contributed by atoms with Gasteiger partial charge < -0.3 is 4.74 Å². The van der Waals surface area contributed by atoms with Gasteiger partial charge in [-0.05, 0) is 42.5 Å². The van der Waals surface area contributed by atoms with E-state index in [2.05, 4.69) is 9.97 Å². The van der Waals surface area contributed by atoms with Crippen molar-refractivity contribution in [3.8, 4) is 22.8 Å². The van der Waals surface area contributed by atoms with Gasteiger partial charge in [-0.3, -0.25) is 9.12 Å². The lowest BCUT2D eigenvalue weighted by molar-refractivity contribution is -0.141. The largest absolute Gasteiger partial charge is 0.453 e. The van der Waals surface area contributed by atoms with Gasteiger partial charge in [-0.25, -0.2) is 27.2 Å². The second-order valence-corrected chi connectivity index (χ2v) is 10.1. The van der Waals surface area contributed by atoms with Gasteiger partial charge in [0.15, 0.2) is 11.6 Å². The molecular formula is C25H14ClF5N4O3S. The first kappa shape index (κ1) is 26.4. The van der Waals surface area contributed by atoms with Crippen molar-refractivity contribution in [1.29, 1.82) is 0 Å². The molecule has 0 radical (unpaired) electrons. The smallest absolute Gasteiger partial charge is 0.433 e. The van der Waals surface area contributed by atoms with E-state index in [1.807, 2.05) is 0 Å². The van der Waals surface area contributed by atoms with Crippen LogP contribution in [0.2, 0.25) is 5.02 Å². The second-order valence-electron chi connectivity index (χ2n) is 8.03. The number of benzene rings is 2. The minimum atomic E-state index is -4.87. The molecule has 0 saturated heterocycles. The third kappa shape index (κ3) is 5.36. The van der Waals surface area contributed by atoms with Gasteiger partial charge >= 0.3 is 6.18 Å². The number of hydrogen-bond donors (Lipinski definition) is 1. The van der Waals surface area contributed by atoms with Crippen LogP contribution in [-0.2, 0) is 16.2 Å². The van der Waals surface area contributed by atoms with E-state index in [0.717, 1.165) is 12.1 Å². The number of ether oxygens (including phenoxy) is 1. The second kappa shape index (κ2) is 9.82. The van der Waals surface area contributed by atoms with E-state index >= 15 is 4.39 Å². The number of hydrogen-bond acceptors (Lipinski definition) is 5. The lowest BCUT2D eigenvalue weighted by atomic mass is 10.1. The lowest BCUT2D eigenvalue weighted by Gasteiger charge is -2.15. The Kier molecular flexibility index (Phi) is 6.64. The van der Waals surface area contributed by atoms with Crippen molar-refractivity contribution >= 4 is 33.1 Å². The minimum absolute atomic E-state index is 0.0702. The number of halogens is 6. The molecule has 39 heavy (non-hydrogen) atoms. The molecule has 1 N–H and O–H groups in total. The molecule has 0 fully saturated rings. The highest BCUT2D eigenvalue weighted by Crippen LogP contribution is 2.38. The average Bonchev–Trinajstić information content (AvgIpc) is 3.35. The Balaban J connectivity index is 1.49. The van der Waals surface area contributed by atoms with Crippen molar-refractivity contribution < 1.29 is 35.1 Å². The average molecular weight is 581 g/mol. The molecule has 7 nitrogen and oxygen atoms in total. The van der Waals surface area contributed by atoms with Crippen LogP contribution in [0.15, 0.2) is 84.0 Å². The summed E-state index contributed by atoms with van der Waals surface area (Å²) in [4.78, 5) is 6.21. The van der Waals surface area contributed by atoms with Crippen molar-refractivity contribution in [3.05, 3.63) is 101 Å². The number of pyridine rings is 2. The Morgan fingerprint density at radius 3 is 2.46 bits per heavy atom. The molecule has 0 aliphatic carbocycles. The molecule has 0 amide bonds. The topological polar surface area (TPSA) is 85.6 Å². The predicted octanol–water partition coefficient (Wildman–Crippen LogP) is 6.94. The summed E-state index contributed by atoms with van der Waals surface area (Å²) in [5.41, 5.74) is 0.205. The summed E-state index contributed by atoms with van der Waals surface area (Å²) in [6.45, 7) is 0. The molecular weight excluding hydrogens is 567 g/mol. The van der Waals surface area contributed by atoms with E-state index < -0.39 is 50.0 Å². The van der Waals surface area contributed by atoms with Crippen LogP contribution in [0.3, 0.4) is 0 Å². The molecule has 3 aromatic heterocycles. The fourth-order valence-electron chi connectivity index (χ4n) is 3.71. The molecule has 3 heterocycles. The number of anilines is 1. The summed E-state index contributed by atoms with van der Waals surface area (Å²) in [7, 11) is -4.87. The van der Waals surface area contributed by atoms with Crippen molar-refractivity contribution in [2.24, 2.45) is 0 Å². The van der Waals surface area contributed by atoms with Crippen LogP contribution in [-0.4, -0.2) is 22.8 Å². The molecule has 200 valence electrons. The van der Waals surface area contributed by atoms with Crippen molar-refractivity contribution in [3.63, 3.8) is 0 Å². The summed E-state index contributed by atoms with van der Waals surface area (Å²) < 4.78 is 103. The van der Waals surface area contributed by atoms with Crippen molar-refractivity contribution in [2.45, 2.75) is 11.1 Å². The Morgan fingerprint density at radius 1 is 0.923 bits per heavy atom. The van der Waals surface area contributed by atoms with Crippen LogP contribution in [0.4, 0.5) is 27.8 Å². The highest BCUT2D eigenvalue weighted by atomic mass is 35.5. The molecule has 0 bridgehead atoms. The monoisotopic (exact) mass is 580 g/mol. The number of rotatable bonds is 6. The quantitative estimate of drug-likeness (QED) is 0.220. The maximum absolute atomic E-state index is 15.0. The third-order valence-electron chi connectivity index (χ3n) is 5.42. The van der Waals surface area contributed by atoms with E-state index in [-0.39, 0.29) is 5.75 Å². The lowest BCUT2D eigenvalue weighted by Crippen LogP contribution is -2.17. The summed E-state index contributed by atoms with van der Waals surface area (Å²) >= 11 is 6.17. The molecule has 0 aliphatic heterocycles. The predicted molar refractivity (Wildman–Crippen MR) is 132 cm³/mol. The fraction of sp³-hybridized carbons (Fsp3) is 0.0400. The molecule has 0 atom stereocenters. The molecule has 0 spiro atoms. The van der Waals surface area contributed by atoms with Crippen LogP contribution >= 0.6 is 11.6 Å². The van der Waals surface area contributed by atoms with Crippen LogP contribution in [0.25, 0.3) is 16.9 Å². The first-order valence-corrected chi connectivity index (χ1v) is 12.7. The number of aromatic nitrogens is 3. The first-order valence-electron chi connectivity index (χ1n) is 10.9. The standard InChI is InChI=1S/C25H14ClF5N4O3S/c26-14-7-8-19(15(11-14)18-3-1-6-24-32-9-10-35(18)24)38-20-12-17(28)21(13-16(20)27)39(36,37)34-23-5-2-4-22(33-23)25(29,30)31/h1-13H,(H,33,34). The van der Waals surface area contributed by atoms with Gasteiger partial charge in [0.05, 0.1) is 5.69 Å². The zero-order chi connectivity index (χ0) is 27.9. The van der Waals surface area contributed by atoms with Crippen LogP contribution in [0.5, 0.6) is 11.5 Å². The number of nitrogens with one attached hydrogen (secondary N) is 1. The van der Waals surface area contributed by atoms with Crippen molar-refractivity contribution in [2.75, 3.05) is 4.72 Å². The molecule has 5 aromatic rings. The third-order valence-corrected chi connectivity index (χ3v) is 7.03. The highest BCUT2D eigenvalue weighted by Gasteiger charge is 2.33. The maximum Gasteiger partial charge on any atom is 0.433 e. The van der Waals surface area contributed by atoms with Gasteiger partial charge in [-0.2, -0.15) is 13.2 Å². The summed E-state index contributed by atoms with van der Waals surface area (Å²) in [6.07, 6.45) is -1.59. The normalized spacial score (nSPS) is 12.1. The first-order chi connectivity index (χ1) is 18.4. The fourth-order valence-corrected chi connectivity index (χ4v) is 4.96. The van der Waals surface area contributed by atoms with Gasteiger partial charge in [0, 0.05) is 35.1 Å². The molecule has 0 unspecified atom stereocenters. The van der Waals surface area contributed by atoms with Crippen LogP contribution < -0.4 is 9.46 Å². The van der Waals surface area contributed by atoms with Crippen LogP contribution in [0.1, 0.15) is 5.69 Å². The Labute approximate surface area is 222 Å². The number of fused-ring (bicyclic) bond motifs is 1. The van der Waals surface area contributed by atoms with E-state index in [0.29, 0.717) is 40.1 Å². The SMILES string of the molecule is O=S(=O)(Nc1cccc(C(F)(F)F)n1)c1cc(F)c(Oc2ccc(Cl)cc2-c2cccc3nccn23)cc1F. The van der Waals surface area contributed by atoms with Gasteiger partial charge in [0.25, 0.3) is 10.0 Å². The maximum atomic E-state index is 15.0. The van der Waals surface area contributed by atoms with E-state index in [4.69, 9.17) is 16.3 Å². The molecule has 0 aliphatic rings. The highest BCUT2D eigenvalue weighted by molar-refractivity contribution is 7.92. The summed E-state index contributed by atoms with van der Waals surface area (Å²) in [5, 5.41) is 0.330. The minimum Gasteiger partial charge on any atom is -0.453 e. The zero-order valence-corrected chi connectivity index (χ0v) is 20.8.